The number of aromatic nitrogens is 3. The van der Waals surface area contributed by atoms with Crippen LogP contribution in [-0.2, 0) is 41.8 Å². The number of amides is 2. The third kappa shape index (κ3) is 5.86. The number of anilines is 2. The first kappa shape index (κ1) is 25.7. The number of carbonyl (C=O) groups is 2. The van der Waals surface area contributed by atoms with Gasteiger partial charge in [0.15, 0.2) is 5.16 Å². The molecule has 8 nitrogen and oxygen atoms in total. The van der Waals surface area contributed by atoms with E-state index in [2.05, 4.69) is 33.5 Å². The van der Waals surface area contributed by atoms with Crippen molar-refractivity contribution in [3.8, 4) is 6.07 Å². The van der Waals surface area contributed by atoms with Crippen LogP contribution in [0.5, 0.6) is 0 Å². The average Bonchev–Trinajstić information content (AvgIpc) is 3.43. The number of allylic oxidation sites excluding steroid dienone is 1. The molecule has 0 saturated heterocycles. The number of nitriles is 1. The van der Waals surface area contributed by atoms with Crippen LogP contribution in [0.1, 0.15) is 47.2 Å². The molecule has 1 aromatic carbocycles. The molecule has 0 fully saturated rings. The smallest absolute Gasteiger partial charge is 0.235 e. The second-order valence-corrected chi connectivity index (χ2v) is 10.4. The first-order chi connectivity index (χ1) is 17.5. The summed E-state index contributed by atoms with van der Waals surface area (Å²) >= 11 is 2.75. The number of nitrogens with one attached hydrogen (secondary N) is 2. The third-order valence-corrected chi connectivity index (χ3v) is 8.14. The molecule has 1 aliphatic carbocycles. The van der Waals surface area contributed by atoms with Crippen LogP contribution in [-0.4, -0.2) is 32.3 Å². The topological polar surface area (TPSA) is 113 Å². The Bertz CT molecular complexity index is 1320. The highest BCUT2D eigenvalue weighted by Gasteiger charge is 2.22. The Balaban J connectivity index is 1.40. The van der Waals surface area contributed by atoms with Gasteiger partial charge in [-0.15, -0.1) is 28.1 Å². The number of fused-ring (bicyclic) bond motifs is 1. The van der Waals surface area contributed by atoms with Crippen molar-refractivity contribution in [3.05, 3.63) is 64.3 Å². The Morgan fingerprint density at radius 3 is 2.81 bits per heavy atom. The summed E-state index contributed by atoms with van der Waals surface area (Å²) in [6.07, 6.45) is 6.62. The van der Waals surface area contributed by atoms with E-state index in [4.69, 9.17) is 0 Å². The number of carbonyl (C=O) groups excluding carboxylic acids is 2. The minimum atomic E-state index is -0.210. The van der Waals surface area contributed by atoms with Crippen molar-refractivity contribution >= 4 is 45.6 Å². The fourth-order valence-corrected chi connectivity index (χ4v) is 6.25. The van der Waals surface area contributed by atoms with E-state index in [1.165, 1.54) is 28.0 Å². The van der Waals surface area contributed by atoms with E-state index < -0.39 is 0 Å². The predicted molar refractivity (Wildman–Crippen MR) is 143 cm³/mol. The van der Waals surface area contributed by atoms with Crippen LogP contribution in [0.2, 0.25) is 0 Å². The summed E-state index contributed by atoms with van der Waals surface area (Å²) in [5.41, 5.74) is 3.54. The zero-order chi connectivity index (χ0) is 25.5. The molecule has 186 valence electrons. The molecule has 2 aromatic heterocycles. The molecule has 10 heteroatoms. The van der Waals surface area contributed by atoms with Gasteiger partial charge in [-0.25, -0.2) is 0 Å². The first-order valence-corrected chi connectivity index (χ1v) is 13.7. The van der Waals surface area contributed by atoms with Gasteiger partial charge in [0, 0.05) is 17.1 Å². The van der Waals surface area contributed by atoms with Crippen LogP contribution in [0.15, 0.2) is 42.1 Å². The highest BCUT2D eigenvalue weighted by atomic mass is 32.2. The maximum Gasteiger partial charge on any atom is 0.235 e. The molecule has 1 aliphatic rings. The Kier molecular flexibility index (Phi) is 8.57. The number of benzene rings is 1. The summed E-state index contributed by atoms with van der Waals surface area (Å²) in [7, 11) is 0. The van der Waals surface area contributed by atoms with Gasteiger partial charge < -0.3 is 15.2 Å². The van der Waals surface area contributed by atoms with Crippen molar-refractivity contribution in [3.63, 3.8) is 0 Å². The van der Waals surface area contributed by atoms with Crippen LogP contribution in [0.3, 0.4) is 0 Å². The molecule has 0 unspecified atom stereocenters. The lowest BCUT2D eigenvalue weighted by Gasteiger charge is -2.10. The van der Waals surface area contributed by atoms with E-state index >= 15 is 0 Å². The van der Waals surface area contributed by atoms with Gasteiger partial charge in [0.25, 0.3) is 0 Å². The van der Waals surface area contributed by atoms with Crippen molar-refractivity contribution in [1.29, 1.82) is 5.26 Å². The number of thiophene rings is 1. The molecule has 0 bridgehead atoms. The number of nitrogens with zero attached hydrogens (tertiary/aromatic N) is 4. The molecule has 3 aromatic rings. The Morgan fingerprint density at radius 2 is 2.03 bits per heavy atom. The molecule has 2 N–H and O–H groups in total. The second-order valence-electron chi connectivity index (χ2n) is 8.40. The molecule has 0 atom stereocenters. The van der Waals surface area contributed by atoms with Crippen molar-refractivity contribution in [2.24, 2.45) is 0 Å². The molecule has 4 rings (SSSR count). The Hall–Kier alpha value is -3.42. The highest BCUT2D eigenvalue weighted by Crippen LogP contribution is 2.37. The van der Waals surface area contributed by atoms with Crippen LogP contribution in [0.25, 0.3) is 0 Å². The summed E-state index contributed by atoms with van der Waals surface area (Å²) in [5.74, 6) is 0.216. The zero-order valence-electron chi connectivity index (χ0n) is 20.2. The third-order valence-electron chi connectivity index (χ3n) is 5.96. The lowest BCUT2D eigenvalue weighted by atomic mass is 9.96. The van der Waals surface area contributed by atoms with Gasteiger partial charge in [-0.05, 0) is 49.3 Å². The number of hydrogen-bond acceptors (Lipinski definition) is 7. The van der Waals surface area contributed by atoms with E-state index in [1.54, 1.807) is 10.6 Å². The minimum absolute atomic E-state index is 0.0535. The summed E-state index contributed by atoms with van der Waals surface area (Å²) in [4.78, 5) is 26.6. The quantitative estimate of drug-likeness (QED) is 0.295. The number of aryl methyl sites for hydroxylation is 2. The molecule has 0 radical (unpaired) electrons. The van der Waals surface area contributed by atoms with Gasteiger partial charge >= 0.3 is 0 Å². The lowest BCUT2D eigenvalue weighted by Crippen LogP contribution is -2.19. The van der Waals surface area contributed by atoms with Crippen LogP contribution in [0, 0.1) is 11.3 Å². The second kappa shape index (κ2) is 12.0. The minimum Gasteiger partial charge on any atom is -0.325 e. The van der Waals surface area contributed by atoms with Gasteiger partial charge in [-0.1, -0.05) is 43.0 Å². The highest BCUT2D eigenvalue weighted by molar-refractivity contribution is 7.99. The van der Waals surface area contributed by atoms with Crippen molar-refractivity contribution in [1.82, 2.24) is 14.8 Å². The molecule has 2 heterocycles. The van der Waals surface area contributed by atoms with E-state index in [-0.39, 0.29) is 24.0 Å². The molecule has 36 heavy (non-hydrogen) atoms. The largest absolute Gasteiger partial charge is 0.325 e. The van der Waals surface area contributed by atoms with Gasteiger partial charge in [0.05, 0.1) is 17.7 Å². The number of para-hydroxylation sites is 1. The van der Waals surface area contributed by atoms with E-state index in [0.29, 0.717) is 28.1 Å². The lowest BCUT2D eigenvalue weighted by molar-refractivity contribution is -0.116. The van der Waals surface area contributed by atoms with Gasteiger partial charge in [-0.2, -0.15) is 5.26 Å². The number of rotatable bonds is 10. The molecule has 0 saturated carbocycles. The summed E-state index contributed by atoms with van der Waals surface area (Å²) in [6, 6.07) is 9.97. The average molecular weight is 521 g/mol. The van der Waals surface area contributed by atoms with E-state index in [1.807, 2.05) is 31.2 Å². The SMILES string of the molecule is C=CCn1c(CC(=O)Nc2ccccc2CC)nnc1SCC(=O)Nc1sc2c(c1C#N)CCCC2. The van der Waals surface area contributed by atoms with Crippen molar-refractivity contribution in [2.75, 3.05) is 16.4 Å². The molecule has 0 aliphatic heterocycles. The number of hydrogen-bond donors (Lipinski definition) is 2. The first-order valence-electron chi connectivity index (χ1n) is 11.9. The molecule has 0 spiro atoms. The normalized spacial score (nSPS) is 12.4. The monoisotopic (exact) mass is 520 g/mol. The summed E-state index contributed by atoms with van der Waals surface area (Å²) < 4.78 is 1.79. The van der Waals surface area contributed by atoms with E-state index in [9.17, 15) is 14.9 Å². The van der Waals surface area contributed by atoms with Gasteiger partial charge in [0.2, 0.25) is 11.8 Å². The standard InChI is InChI=1S/C26H28N6O2S2/c1-3-13-32-22(14-23(33)28-20-11-7-5-9-17(20)4-2)30-31-26(32)35-16-24(34)29-25-19(15-27)18-10-6-8-12-21(18)36-25/h3,5,7,9,11H,1,4,6,8,10,12-14,16H2,2H3,(H,28,33)(H,29,34). The van der Waals surface area contributed by atoms with Gasteiger partial charge in [0.1, 0.15) is 16.9 Å². The maximum absolute atomic E-state index is 12.7. The molecular formula is C26H28N6O2S2. The van der Waals surface area contributed by atoms with Crippen LogP contribution >= 0.6 is 23.1 Å². The maximum atomic E-state index is 12.7. The summed E-state index contributed by atoms with van der Waals surface area (Å²) in [5, 5.41) is 25.1. The van der Waals surface area contributed by atoms with Gasteiger partial charge in [-0.3, -0.25) is 9.59 Å². The predicted octanol–water partition coefficient (Wildman–Crippen LogP) is 4.75. The van der Waals surface area contributed by atoms with E-state index in [0.717, 1.165) is 48.9 Å². The Labute approximate surface area is 218 Å². The molecular weight excluding hydrogens is 492 g/mol. The van der Waals surface area contributed by atoms with Crippen LogP contribution in [0.4, 0.5) is 10.7 Å². The fourth-order valence-electron chi connectivity index (χ4n) is 4.22. The summed E-state index contributed by atoms with van der Waals surface area (Å²) in [6.45, 7) is 6.25. The Morgan fingerprint density at radius 1 is 1.22 bits per heavy atom. The van der Waals surface area contributed by atoms with Crippen molar-refractivity contribution in [2.45, 2.75) is 57.1 Å². The van der Waals surface area contributed by atoms with Crippen LogP contribution < -0.4 is 10.6 Å². The number of thioether (sulfide) groups is 1. The fraction of sp³-hybridized carbons (Fsp3) is 0.346. The zero-order valence-corrected chi connectivity index (χ0v) is 21.8. The molecule has 2 amide bonds. The van der Waals surface area contributed by atoms with Crippen molar-refractivity contribution < 1.29 is 9.59 Å².